The summed E-state index contributed by atoms with van der Waals surface area (Å²) in [5, 5.41) is 16.6. The predicted octanol–water partition coefficient (Wildman–Crippen LogP) is 2.92. The first-order valence-electron chi connectivity index (χ1n) is 8.28. The standard InChI is InChI=1S/C17H21N3O4S2/c1-12(19-8-6-15-13(11-19)7-9-25-15)10-18-14-4-3-5-16(26(2,23)24)17(14)20(21)22/h3-5,7,9,12,18H,6,8,10-11H2,1-2H3. The molecule has 0 fully saturated rings. The zero-order valence-electron chi connectivity index (χ0n) is 14.6. The van der Waals surface area contributed by atoms with Crippen LogP contribution in [0.4, 0.5) is 11.4 Å². The van der Waals surface area contributed by atoms with E-state index in [0.29, 0.717) is 6.54 Å². The average Bonchev–Trinajstić information content (AvgIpc) is 3.06. The van der Waals surface area contributed by atoms with Gasteiger partial charge in [0.25, 0.3) is 0 Å². The van der Waals surface area contributed by atoms with Gasteiger partial charge < -0.3 is 5.32 Å². The molecule has 0 radical (unpaired) electrons. The summed E-state index contributed by atoms with van der Waals surface area (Å²) in [4.78, 5) is 14.3. The first-order chi connectivity index (χ1) is 12.3. The van der Waals surface area contributed by atoms with Gasteiger partial charge in [0, 0.05) is 36.8 Å². The molecule has 2 heterocycles. The largest absolute Gasteiger partial charge is 0.378 e. The molecule has 1 unspecified atom stereocenters. The smallest absolute Gasteiger partial charge is 0.310 e. The van der Waals surface area contributed by atoms with Crippen LogP contribution in [0, 0.1) is 10.1 Å². The Morgan fingerprint density at radius 3 is 2.85 bits per heavy atom. The minimum Gasteiger partial charge on any atom is -0.378 e. The lowest BCUT2D eigenvalue weighted by molar-refractivity contribution is -0.386. The summed E-state index contributed by atoms with van der Waals surface area (Å²) in [6, 6.07) is 6.64. The quantitative estimate of drug-likeness (QED) is 0.597. The Labute approximate surface area is 156 Å². The van der Waals surface area contributed by atoms with Crippen molar-refractivity contribution in [2.24, 2.45) is 0 Å². The molecule has 1 aromatic carbocycles. The minimum absolute atomic E-state index is 0.157. The molecule has 0 saturated heterocycles. The molecule has 1 aliphatic heterocycles. The highest BCUT2D eigenvalue weighted by atomic mass is 32.2. The molecule has 1 N–H and O–H groups in total. The van der Waals surface area contributed by atoms with E-state index in [1.807, 2.05) is 0 Å². The van der Waals surface area contributed by atoms with Crippen molar-refractivity contribution < 1.29 is 13.3 Å². The summed E-state index contributed by atoms with van der Waals surface area (Å²) in [5.74, 6) is 0. The Balaban J connectivity index is 1.75. The number of hydrogen-bond acceptors (Lipinski definition) is 7. The summed E-state index contributed by atoms with van der Waals surface area (Å²) in [6.07, 6.45) is 1.99. The van der Waals surface area contributed by atoms with Gasteiger partial charge in [-0.25, -0.2) is 8.42 Å². The predicted molar refractivity (Wildman–Crippen MR) is 103 cm³/mol. The van der Waals surface area contributed by atoms with E-state index < -0.39 is 14.8 Å². The highest BCUT2D eigenvalue weighted by Gasteiger charge is 2.27. The van der Waals surface area contributed by atoms with E-state index in [-0.39, 0.29) is 22.3 Å². The maximum absolute atomic E-state index is 11.8. The third kappa shape index (κ3) is 3.89. The van der Waals surface area contributed by atoms with Gasteiger partial charge in [-0.05, 0) is 42.5 Å². The van der Waals surface area contributed by atoms with E-state index in [1.165, 1.54) is 22.6 Å². The van der Waals surface area contributed by atoms with Crippen LogP contribution in [0.3, 0.4) is 0 Å². The first kappa shape index (κ1) is 18.8. The van der Waals surface area contributed by atoms with Crippen LogP contribution in [0.5, 0.6) is 0 Å². The van der Waals surface area contributed by atoms with Crippen molar-refractivity contribution in [3.8, 4) is 0 Å². The van der Waals surface area contributed by atoms with E-state index in [4.69, 9.17) is 0 Å². The number of sulfone groups is 1. The van der Waals surface area contributed by atoms with Gasteiger partial charge in [0.15, 0.2) is 9.84 Å². The molecule has 1 atom stereocenters. The van der Waals surface area contributed by atoms with Crippen LogP contribution in [-0.4, -0.2) is 43.6 Å². The number of anilines is 1. The molecular weight excluding hydrogens is 374 g/mol. The number of hydrogen-bond donors (Lipinski definition) is 1. The van der Waals surface area contributed by atoms with Gasteiger partial charge in [-0.15, -0.1) is 11.3 Å². The molecule has 0 aliphatic carbocycles. The van der Waals surface area contributed by atoms with Crippen LogP contribution in [0.15, 0.2) is 34.5 Å². The van der Waals surface area contributed by atoms with Crippen molar-refractivity contribution in [1.29, 1.82) is 0 Å². The lowest BCUT2D eigenvalue weighted by Gasteiger charge is -2.32. The fourth-order valence-corrected chi connectivity index (χ4v) is 4.94. The summed E-state index contributed by atoms with van der Waals surface area (Å²) >= 11 is 1.78. The summed E-state index contributed by atoms with van der Waals surface area (Å²) in [7, 11) is -3.68. The molecule has 3 rings (SSSR count). The molecule has 1 aliphatic rings. The van der Waals surface area contributed by atoms with Crippen molar-refractivity contribution in [3.63, 3.8) is 0 Å². The number of rotatable bonds is 6. The zero-order valence-corrected chi connectivity index (χ0v) is 16.3. The van der Waals surface area contributed by atoms with E-state index in [0.717, 1.165) is 25.8 Å². The van der Waals surface area contributed by atoms with Crippen LogP contribution >= 0.6 is 11.3 Å². The van der Waals surface area contributed by atoms with E-state index in [1.54, 1.807) is 17.4 Å². The van der Waals surface area contributed by atoms with Gasteiger partial charge >= 0.3 is 5.69 Å². The molecule has 0 spiro atoms. The lowest BCUT2D eigenvalue weighted by atomic mass is 10.1. The van der Waals surface area contributed by atoms with Crippen molar-refractivity contribution >= 4 is 32.5 Å². The fraction of sp³-hybridized carbons (Fsp3) is 0.412. The van der Waals surface area contributed by atoms with Crippen LogP contribution < -0.4 is 5.32 Å². The summed E-state index contributed by atoms with van der Waals surface area (Å²) in [6.45, 7) is 4.37. The van der Waals surface area contributed by atoms with Crippen LogP contribution in [0.25, 0.3) is 0 Å². The van der Waals surface area contributed by atoms with Crippen molar-refractivity contribution in [1.82, 2.24) is 4.90 Å². The Morgan fingerprint density at radius 1 is 1.38 bits per heavy atom. The molecule has 0 bridgehead atoms. The molecule has 140 valence electrons. The second-order valence-corrected chi connectivity index (χ2v) is 9.49. The topological polar surface area (TPSA) is 92.5 Å². The Bertz CT molecular complexity index is 924. The zero-order chi connectivity index (χ0) is 18.9. The number of nitrogens with one attached hydrogen (secondary N) is 1. The van der Waals surface area contributed by atoms with Crippen LogP contribution in [0.2, 0.25) is 0 Å². The lowest BCUT2D eigenvalue weighted by Crippen LogP contribution is -2.40. The minimum atomic E-state index is -3.68. The molecule has 7 nitrogen and oxygen atoms in total. The highest BCUT2D eigenvalue weighted by molar-refractivity contribution is 7.90. The highest BCUT2D eigenvalue weighted by Crippen LogP contribution is 2.32. The van der Waals surface area contributed by atoms with Crippen molar-refractivity contribution in [2.45, 2.75) is 30.8 Å². The van der Waals surface area contributed by atoms with Crippen LogP contribution in [0.1, 0.15) is 17.4 Å². The van der Waals surface area contributed by atoms with Crippen molar-refractivity contribution in [2.75, 3.05) is 24.7 Å². The number of nitrogens with zero attached hydrogens (tertiary/aromatic N) is 2. The average molecular weight is 396 g/mol. The third-order valence-corrected chi connectivity index (χ3v) is 6.78. The number of fused-ring (bicyclic) bond motifs is 1. The Morgan fingerprint density at radius 2 is 2.15 bits per heavy atom. The van der Waals surface area contributed by atoms with Gasteiger partial charge in [0.05, 0.1) is 4.92 Å². The SMILES string of the molecule is CC(CNc1cccc(S(C)(=O)=O)c1[N+](=O)[O-])N1CCc2sccc2C1. The molecule has 2 aromatic rings. The van der Waals surface area contributed by atoms with E-state index in [9.17, 15) is 18.5 Å². The third-order valence-electron chi connectivity index (χ3n) is 4.63. The molecule has 26 heavy (non-hydrogen) atoms. The monoisotopic (exact) mass is 395 g/mol. The normalized spacial score (nSPS) is 16.1. The van der Waals surface area contributed by atoms with E-state index >= 15 is 0 Å². The fourth-order valence-electron chi connectivity index (χ4n) is 3.19. The van der Waals surface area contributed by atoms with Gasteiger partial charge in [-0.1, -0.05) is 6.07 Å². The summed E-state index contributed by atoms with van der Waals surface area (Å²) in [5.41, 5.74) is 1.19. The number of thiophene rings is 1. The molecule has 0 saturated carbocycles. The van der Waals surface area contributed by atoms with Gasteiger partial charge in [-0.2, -0.15) is 0 Å². The first-order valence-corrected chi connectivity index (χ1v) is 11.0. The molecule has 1 aromatic heterocycles. The Kier molecular flexibility index (Phi) is 5.31. The summed E-state index contributed by atoms with van der Waals surface area (Å²) < 4.78 is 23.7. The maximum atomic E-state index is 11.8. The number of para-hydroxylation sites is 1. The number of nitro groups is 1. The van der Waals surface area contributed by atoms with Gasteiger partial charge in [0.2, 0.25) is 0 Å². The van der Waals surface area contributed by atoms with E-state index in [2.05, 4.69) is 28.6 Å². The van der Waals surface area contributed by atoms with Crippen molar-refractivity contribution in [3.05, 3.63) is 50.2 Å². The molecule has 0 amide bonds. The second-order valence-electron chi connectivity index (χ2n) is 6.50. The number of nitro benzene ring substituents is 1. The Hall–Kier alpha value is -1.97. The van der Waals surface area contributed by atoms with Crippen LogP contribution in [-0.2, 0) is 22.8 Å². The molecule has 9 heteroatoms. The molecular formula is C17H21N3O4S2. The van der Waals surface area contributed by atoms with Gasteiger partial charge in [0.1, 0.15) is 10.6 Å². The number of benzene rings is 1. The maximum Gasteiger partial charge on any atom is 0.310 e. The van der Waals surface area contributed by atoms with Gasteiger partial charge in [-0.3, -0.25) is 15.0 Å². The second kappa shape index (κ2) is 7.34.